The molecule has 0 fully saturated rings. The molecular weight excluding hydrogens is 272 g/mol. The van der Waals surface area contributed by atoms with Gasteiger partial charge in [0, 0.05) is 12.1 Å². The van der Waals surface area contributed by atoms with Gasteiger partial charge >= 0.3 is 0 Å². The third-order valence-electron chi connectivity index (χ3n) is 2.88. The van der Waals surface area contributed by atoms with E-state index in [0.29, 0.717) is 23.7 Å². The van der Waals surface area contributed by atoms with E-state index in [2.05, 4.69) is 0 Å². The number of ether oxygens (including phenoxy) is 3. The summed E-state index contributed by atoms with van der Waals surface area (Å²) in [5.41, 5.74) is 1.74. The zero-order chi connectivity index (χ0) is 15.2. The van der Waals surface area contributed by atoms with Gasteiger partial charge in [-0.3, -0.25) is 0 Å². The van der Waals surface area contributed by atoms with Crippen molar-refractivity contribution in [1.29, 1.82) is 0 Å². The second-order valence-electron chi connectivity index (χ2n) is 4.88. The molecule has 0 saturated carbocycles. The van der Waals surface area contributed by atoms with Gasteiger partial charge in [0.05, 0.1) is 18.8 Å². The molecule has 114 valence electrons. The molecule has 2 rings (SSSR count). The molecular formula is C16H20O5. The molecule has 2 N–H and O–H groups in total. The molecule has 0 saturated heterocycles. The van der Waals surface area contributed by atoms with Crippen LogP contribution in [0.15, 0.2) is 35.9 Å². The van der Waals surface area contributed by atoms with E-state index in [1.54, 1.807) is 18.2 Å². The van der Waals surface area contributed by atoms with Gasteiger partial charge in [-0.1, -0.05) is 11.6 Å². The summed E-state index contributed by atoms with van der Waals surface area (Å²) in [4.78, 5) is 0. The highest BCUT2D eigenvalue weighted by Gasteiger charge is 2.21. The molecule has 21 heavy (non-hydrogen) atoms. The van der Waals surface area contributed by atoms with Crippen LogP contribution in [-0.2, 0) is 4.74 Å². The molecule has 1 aromatic rings. The van der Waals surface area contributed by atoms with E-state index in [1.165, 1.54) is 6.08 Å². The third-order valence-corrected chi connectivity index (χ3v) is 2.88. The molecule has 0 aliphatic carbocycles. The van der Waals surface area contributed by atoms with Gasteiger partial charge in [0.15, 0.2) is 0 Å². The normalized spacial score (nSPS) is 16.5. The Labute approximate surface area is 124 Å². The summed E-state index contributed by atoms with van der Waals surface area (Å²) in [6.45, 7) is 4.53. The van der Waals surface area contributed by atoms with Crippen LogP contribution in [0.3, 0.4) is 0 Å². The Morgan fingerprint density at radius 2 is 2.19 bits per heavy atom. The fourth-order valence-corrected chi connectivity index (χ4v) is 1.83. The lowest BCUT2D eigenvalue weighted by Crippen LogP contribution is -2.22. The fraction of sp³-hybridized carbons (Fsp3) is 0.375. The van der Waals surface area contributed by atoms with Crippen LogP contribution in [0.4, 0.5) is 0 Å². The summed E-state index contributed by atoms with van der Waals surface area (Å²) >= 11 is 0. The van der Waals surface area contributed by atoms with Crippen molar-refractivity contribution in [3.63, 3.8) is 0 Å². The SMILES string of the molecule is CC(C)=CCOC1C=C(O)c2ccc(OCCO)cc2O1. The lowest BCUT2D eigenvalue weighted by atomic mass is 10.1. The van der Waals surface area contributed by atoms with E-state index in [0.717, 1.165) is 5.57 Å². The third kappa shape index (κ3) is 4.24. The summed E-state index contributed by atoms with van der Waals surface area (Å²) in [7, 11) is 0. The molecule has 5 heteroatoms. The molecule has 5 nitrogen and oxygen atoms in total. The second kappa shape index (κ2) is 7.15. The van der Waals surface area contributed by atoms with Gasteiger partial charge in [0.25, 0.3) is 0 Å². The van der Waals surface area contributed by atoms with Crippen molar-refractivity contribution in [3.05, 3.63) is 41.5 Å². The highest BCUT2D eigenvalue weighted by Crippen LogP contribution is 2.34. The van der Waals surface area contributed by atoms with Crippen LogP contribution in [0.2, 0.25) is 0 Å². The van der Waals surface area contributed by atoms with E-state index < -0.39 is 6.29 Å². The minimum atomic E-state index is -0.638. The molecule has 1 heterocycles. The number of fused-ring (bicyclic) bond motifs is 1. The van der Waals surface area contributed by atoms with Gasteiger partial charge in [-0.15, -0.1) is 0 Å². The first-order valence-electron chi connectivity index (χ1n) is 6.80. The number of hydrogen-bond acceptors (Lipinski definition) is 5. The van der Waals surface area contributed by atoms with Crippen molar-refractivity contribution in [2.24, 2.45) is 0 Å². The smallest absolute Gasteiger partial charge is 0.223 e. The van der Waals surface area contributed by atoms with Crippen molar-refractivity contribution in [2.45, 2.75) is 20.1 Å². The van der Waals surface area contributed by atoms with E-state index in [9.17, 15) is 5.11 Å². The Bertz CT molecular complexity index is 544. The lowest BCUT2D eigenvalue weighted by Gasteiger charge is -2.23. The quantitative estimate of drug-likeness (QED) is 0.789. The van der Waals surface area contributed by atoms with E-state index in [-0.39, 0.29) is 19.0 Å². The van der Waals surface area contributed by atoms with Gasteiger partial charge in [-0.2, -0.15) is 0 Å². The highest BCUT2D eigenvalue weighted by molar-refractivity contribution is 5.67. The van der Waals surface area contributed by atoms with Gasteiger partial charge < -0.3 is 24.4 Å². The number of aliphatic hydroxyl groups excluding tert-OH is 2. The molecule has 1 unspecified atom stereocenters. The van der Waals surface area contributed by atoms with E-state index in [4.69, 9.17) is 19.3 Å². The number of aliphatic hydroxyl groups is 2. The van der Waals surface area contributed by atoms with Crippen LogP contribution >= 0.6 is 0 Å². The fourth-order valence-electron chi connectivity index (χ4n) is 1.83. The molecule has 0 radical (unpaired) electrons. The predicted octanol–water partition coefficient (Wildman–Crippen LogP) is 2.66. The molecule has 0 spiro atoms. The monoisotopic (exact) mass is 292 g/mol. The molecule has 0 bridgehead atoms. The predicted molar refractivity (Wildman–Crippen MR) is 79.4 cm³/mol. The Morgan fingerprint density at radius 1 is 1.38 bits per heavy atom. The van der Waals surface area contributed by atoms with Gasteiger partial charge in [-0.05, 0) is 26.0 Å². The van der Waals surface area contributed by atoms with Crippen LogP contribution in [-0.4, -0.2) is 36.3 Å². The summed E-state index contributed by atoms with van der Waals surface area (Å²) < 4.78 is 16.5. The molecule has 1 aliphatic heterocycles. The first kappa shape index (κ1) is 15.4. The van der Waals surface area contributed by atoms with Crippen molar-refractivity contribution in [2.75, 3.05) is 19.8 Å². The Balaban J connectivity index is 2.08. The van der Waals surface area contributed by atoms with Crippen molar-refractivity contribution >= 4 is 5.76 Å². The van der Waals surface area contributed by atoms with Crippen LogP contribution in [0.25, 0.3) is 5.76 Å². The average molecular weight is 292 g/mol. The highest BCUT2D eigenvalue weighted by atomic mass is 16.7. The molecule has 0 aromatic heterocycles. The Morgan fingerprint density at radius 3 is 2.90 bits per heavy atom. The average Bonchev–Trinajstić information content (AvgIpc) is 2.44. The summed E-state index contributed by atoms with van der Waals surface area (Å²) in [6, 6.07) is 5.10. The minimum absolute atomic E-state index is 0.0580. The Hall–Kier alpha value is -1.98. The largest absolute Gasteiger partial charge is 0.507 e. The van der Waals surface area contributed by atoms with Crippen LogP contribution in [0.5, 0.6) is 11.5 Å². The molecule has 1 aliphatic rings. The minimum Gasteiger partial charge on any atom is -0.507 e. The van der Waals surface area contributed by atoms with Crippen LogP contribution in [0, 0.1) is 0 Å². The maximum absolute atomic E-state index is 10.0. The first-order valence-corrected chi connectivity index (χ1v) is 6.80. The number of allylic oxidation sites excluding steroid dienone is 1. The van der Waals surface area contributed by atoms with Crippen molar-refractivity contribution in [3.8, 4) is 11.5 Å². The van der Waals surface area contributed by atoms with Gasteiger partial charge in [-0.25, -0.2) is 0 Å². The first-order chi connectivity index (χ1) is 10.1. The summed E-state index contributed by atoms with van der Waals surface area (Å²) in [6.07, 6.45) is 2.82. The van der Waals surface area contributed by atoms with Crippen LogP contribution < -0.4 is 9.47 Å². The molecule has 1 atom stereocenters. The summed E-state index contributed by atoms with van der Waals surface area (Å²) in [5.74, 6) is 1.18. The number of hydrogen-bond donors (Lipinski definition) is 2. The zero-order valence-electron chi connectivity index (χ0n) is 12.2. The van der Waals surface area contributed by atoms with E-state index in [1.807, 2.05) is 19.9 Å². The maximum Gasteiger partial charge on any atom is 0.223 e. The lowest BCUT2D eigenvalue weighted by molar-refractivity contribution is -0.0365. The second-order valence-corrected chi connectivity index (χ2v) is 4.88. The zero-order valence-corrected chi connectivity index (χ0v) is 12.2. The topological polar surface area (TPSA) is 68.2 Å². The molecule has 1 aromatic carbocycles. The Kier molecular flexibility index (Phi) is 5.25. The molecule has 0 amide bonds. The standard InChI is InChI=1S/C16H20O5/c1-11(2)5-7-20-16-10-14(18)13-4-3-12(19-8-6-17)9-15(13)21-16/h3-5,9-10,16-18H,6-8H2,1-2H3. The van der Waals surface area contributed by atoms with E-state index >= 15 is 0 Å². The van der Waals surface area contributed by atoms with Crippen LogP contribution in [0.1, 0.15) is 19.4 Å². The van der Waals surface area contributed by atoms with Gasteiger partial charge in [0.1, 0.15) is 23.9 Å². The number of benzene rings is 1. The maximum atomic E-state index is 10.0. The van der Waals surface area contributed by atoms with Gasteiger partial charge in [0.2, 0.25) is 6.29 Å². The van der Waals surface area contributed by atoms with Crippen molar-refractivity contribution in [1.82, 2.24) is 0 Å². The van der Waals surface area contributed by atoms with Crippen molar-refractivity contribution < 1.29 is 24.4 Å². The summed E-state index contributed by atoms with van der Waals surface area (Å²) in [5, 5.41) is 18.8. The number of rotatable bonds is 6.